The first-order chi connectivity index (χ1) is 13.0. The van der Waals surface area contributed by atoms with Crippen LogP contribution in [-0.4, -0.2) is 56.2 Å². The fourth-order valence-electron chi connectivity index (χ4n) is 4.96. The van der Waals surface area contributed by atoms with E-state index in [1.807, 2.05) is 11.8 Å². The molecule has 0 unspecified atom stereocenters. The first-order valence-corrected chi connectivity index (χ1v) is 9.89. The molecule has 1 N–H and O–H groups in total. The van der Waals surface area contributed by atoms with Crippen LogP contribution in [0.25, 0.3) is 0 Å². The maximum absolute atomic E-state index is 10.2. The predicted molar refractivity (Wildman–Crippen MR) is 103 cm³/mol. The molecule has 1 aliphatic carbocycles. The molecule has 0 radical (unpaired) electrons. The molecule has 1 aromatic heterocycles. The lowest BCUT2D eigenvalue weighted by Crippen LogP contribution is -2.51. The molecule has 4 rings (SSSR count). The van der Waals surface area contributed by atoms with Gasteiger partial charge in [-0.15, -0.1) is 0 Å². The summed E-state index contributed by atoms with van der Waals surface area (Å²) in [6.45, 7) is 7.02. The first kappa shape index (κ1) is 18.6. The minimum Gasteiger partial charge on any atom is -0.393 e. The van der Waals surface area contributed by atoms with E-state index in [4.69, 9.17) is 4.74 Å². The van der Waals surface area contributed by atoms with Gasteiger partial charge in [0.1, 0.15) is 12.7 Å². The average Bonchev–Trinajstić information content (AvgIpc) is 3.28. The highest BCUT2D eigenvalue weighted by Crippen LogP contribution is 2.43. The lowest BCUT2D eigenvalue weighted by atomic mass is 9.79. The summed E-state index contributed by atoms with van der Waals surface area (Å²) in [6, 6.07) is 4.89. The third-order valence-corrected chi connectivity index (χ3v) is 6.64. The molecule has 146 valence electrons. The number of benzene rings is 1. The van der Waals surface area contributed by atoms with E-state index >= 15 is 0 Å². The Bertz CT molecular complexity index is 792. The van der Waals surface area contributed by atoms with Gasteiger partial charge in [-0.1, -0.05) is 12.1 Å². The molecule has 6 nitrogen and oxygen atoms in total. The molecular weight excluding hydrogens is 340 g/mol. The zero-order valence-electron chi connectivity index (χ0n) is 16.6. The number of hydrogen-bond acceptors (Lipinski definition) is 5. The van der Waals surface area contributed by atoms with Crippen molar-refractivity contribution in [3.63, 3.8) is 0 Å². The Morgan fingerprint density at radius 1 is 1.19 bits per heavy atom. The number of aliphatic hydroxyl groups is 1. The topological polar surface area (TPSA) is 63.4 Å². The number of nitrogens with zero attached hydrogens (tertiary/aromatic N) is 4. The van der Waals surface area contributed by atoms with Crippen molar-refractivity contribution in [3.05, 3.63) is 47.0 Å². The standard InChI is InChI=1S/C21H30N4O2/c1-15-8-16(2)18(12-25-14-22-13-23-25)9-17(15)11-24-7-6-21(27-3)5-4-19(26)10-20(21)24/h8-9,13-14,19-20,26H,4-7,10-12H2,1-3H3/t19-,20+,21-/m1/s1. The van der Waals surface area contributed by atoms with Gasteiger partial charge < -0.3 is 9.84 Å². The molecule has 6 heteroatoms. The SMILES string of the molecule is CO[C@@]12CC[C@@H](O)C[C@@H]1N(Cc1cc(Cn3cncn3)c(C)cc1C)CC2. The van der Waals surface area contributed by atoms with E-state index in [0.29, 0.717) is 6.04 Å². The van der Waals surface area contributed by atoms with Gasteiger partial charge in [-0.25, -0.2) is 9.67 Å². The zero-order valence-corrected chi connectivity index (χ0v) is 16.6. The Balaban J connectivity index is 1.57. The number of aryl methyl sites for hydroxylation is 2. The van der Waals surface area contributed by atoms with Gasteiger partial charge in [0.05, 0.1) is 18.2 Å². The number of likely N-dealkylation sites (tertiary alicyclic amines) is 1. The number of rotatable bonds is 5. The van der Waals surface area contributed by atoms with Crippen LogP contribution in [0.2, 0.25) is 0 Å². The summed E-state index contributed by atoms with van der Waals surface area (Å²) >= 11 is 0. The zero-order chi connectivity index (χ0) is 19.0. The predicted octanol–water partition coefficient (Wildman–Crippen LogP) is 2.45. The average molecular weight is 370 g/mol. The summed E-state index contributed by atoms with van der Waals surface area (Å²) < 4.78 is 7.86. The Hall–Kier alpha value is -1.76. The van der Waals surface area contributed by atoms with Gasteiger partial charge in [0.25, 0.3) is 0 Å². The molecule has 2 heterocycles. The fraction of sp³-hybridized carbons (Fsp3) is 0.619. The normalized spacial score (nSPS) is 28.4. The summed E-state index contributed by atoms with van der Waals surface area (Å²) in [4.78, 5) is 6.56. The second kappa shape index (κ2) is 7.34. The lowest BCUT2D eigenvalue weighted by molar-refractivity contribution is -0.0879. The molecule has 1 aliphatic heterocycles. The highest BCUT2D eigenvalue weighted by Gasteiger charge is 2.50. The van der Waals surface area contributed by atoms with Crippen LogP contribution in [0.15, 0.2) is 24.8 Å². The van der Waals surface area contributed by atoms with Crippen LogP contribution in [0.1, 0.15) is 47.9 Å². The summed E-state index contributed by atoms with van der Waals surface area (Å²) in [5.74, 6) is 0. The van der Waals surface area contributed by atoms with Crippen LogP contribution in [0.3, 0.4) is 0 Å². The molecule has 0 spiro atoms. The Labute approximate surface area is 161 Å². The number of aliphatic hydroxyl groups excluding tert-OH is 1. The first-order valence-electron chi connectivity index (χ1n) is 9.89. The van der Waals surface area contributed by atoms with Gasteiger partial charge in [0.2, 0.25) is 0 Å². The number of ether oxygens (including phenoxy) is 1. The van der Waals surface area contributed by atoms with Crippen molar-refractivity contribution in [3.8, 4) is 0 Å². The van der Waals surface area contributed by atoms with Crippen LogP contribution in [-0.2, 0) is 17.8 Å². The van der Waals surface area contributed by atoms with Crippen LogP contribution in [0, 0.1) is 13.8 Å². The lowest BCUT2D eigenvalue weighted by Gasteiger charge is -2.42. The van der Waals surface area contributed by atoms with Crippen LogP contribution >= 0.6 is 0 Å². The smallest absolute Gasteiger partial charge is 0.137 e. The third kappa shape index (κ3) is 3.53. The van der Waals surface area contributed by atoms with Gasteiger partial charge >= 0.3 is 0 Å². The van der Waals surface area contributed by atoms with Crippen molar-refractivity contribution in [1.82, 2.24) is 19.7 Å². The van der Waals surface area contributed by atoms with E-state index < -0.39 is 0 Å². The quantitative estimate of drug-likeness (QED) is 0.876. The Kier molecular flexibility index (Phi) is 5.05. The Morgan fingerprint density at radius 2 is 1.96 bits per heavy atom. The molecule has 1 saturated carbocycles. The van der Waals surface area contributed by atoms with Crippen LogP contribution in [0.5, 0.6) is 0 Å². The number of fused-ring (bicyclic) bond motifs is 1. The number of methoxy groups -OCH3 is 1. The van der Waals surface area contributed by atoms with E-state index in [-0.39, 0.29) is 11.7 Å². The second-order valence-electron chi connectivity index (χ2n) is 8.23. The molecule has 1 saturated heterocycles. The highest BCUT2D eigenvalue weighted by atomic mass is 16.5. The van der Waals surface area contributed by atoms with Gasteiger partial charge in [0.15, 0.2) is 0 Å². The minimum absolute atomic E-state index is 0.0820. The van der Waals surface area contributed by atoms with Crippen molar-refractivity contribution < 1.29 is 9.84 Å². The van der Waals surface area contributed by atoms with Crippen molar-refractivity contribution in [2.75, 3.05) is 13.7 Å². The summed E-state index contributed by atoms with van der Waals surface area (Å²) in [5, 5.41) is 14.5. The van der Waals surface area contributed by atoms with E-state index in [9.17, 15) is 5.11 Å². The Morgan fingerprint density at radius 3 is 2.67 bits per heavy atom. The molecule has 0 bridgehead atoms. The number of aromatic nitrogens is 3. The number of hydrogen-bond donors (Lipinski definition) is 1. The van der Waals surface area contributed by atoms with E-state index in [0.717, 1.165) is 45.3 Å². The van der Waals surface area contributed by atoms with Crippen LogP contribution in [0.4, 0.5) is 0 Å². The van der Waals surface area contributed by atoms with Gasteiger partial charge in [-0.3, -0.25) is 4.90 Å². The molecule has 3 atom stereocenters. The van der Waals surface area contributed by atoms with Crippen molar-refractivity contribution in [1.29, 1.82) is 0 Å². The summed E-state index contributed by atoms with van der Waals surface area (Å²) in [6.07, 6.45) is 6.80. The van der Waals surface area contributed by atoms with Crippen molar-refractivity contribution in [2.24, 2.45) is 0 Å². The van der Waals surface area contributed by atoms with Crippen molar-refractivity contribution in [2.45, 2.75) is 70.4 Å². The third-order valence-electron chi connectivity index (χ3n) is 6.64. The monoisotopic (exact) mass is 370 g/mol. The maximum Gasteiger partial charge on any atom is 0.137 e. The molecule has 2 aromatic rings. The molecule has 1 aromatic carbocycles. The van der Waals surface area contributed by atoms with E-state index in [1.165, 1.54) is 22.3 Å². The highest BCUT2D eigenvalue weighted by molar-refractivity contribution is 5.37. The molecular formula is C21H30N4O2. The summed E-state index contributed by atoms with van der Waals surface area (Å²) in [7, 11) is 1.83. The molecule has 2 fully saturated rings. The molecule has 0 amide bonds. The largest absolute Gasteiger partial charge is 0.393 e. The molecule has 2 aliphatic rings. The van der Waals surface area contributed by atoms with E-state index in [2.05, 4.69) is 41.0 Å². The van der Waals surface area contributed by atoms with Crippen molar-refractivity contribution >= 4 is 0 Å². The fourth-order valence-corrected chi connectivity index (χ4v) is 4.96. The van der Waals surface area contributed by atoms with Gasteiger partial charge in [-0.2, -0.15) is 5.10 Å². The molecule has 27 heavy (non-hydrogen) atoms. The maximum atomic E-state index is 10.2. The van der Waals surface area contributed by atoms with E-state index in [1.54, 1.807) is 12.7 Å². The van der Waals surface area contributed by atoms with Gasteiger partial charge in [0, 0.05) is 26.2 Å². The summed E-state index contributed by atoms with van der Waals surface area (Å²) in [5.41, 5.74) is 5.15. The van der Waals surface area contributed by atoms with Crippen LogP contribution < -0.4 is 0 Å². The second-order valence-corrected chi connectivity index (χ2v) is 8.23. The minimum atomic E-state index is -0.208. The van der Waals surface area contributed by atoms with Gasteiger partial charge in [-0.05, 0) is 61.8 Å².